The fraction of sp³-hybridized carbons (Fsp3) is 0.429. The van der Waals surface area contributed by atoms with Crippen LogP contribution in [-0.2, 0) is 16.0 Å². The van der Waals surface area contributed by atoms with Crippen LogP contribution in [0.1, 0.15) is 10.4 Å². The van der Waals surface area contributed by atoms with E-state index in [1.807, 2.05) is 25.3 Å². The number of aromatic nitrogens is 2. The van der Waals surface area contributed by atoms with Crippen LogP contribution in [0.25, 0.3) is 0 Å². The van der Waals surface area contributed by atoms with Crippen molar-refractivity contribution < 1.29 is 9.47 Å². The van der Waals surface area contributed by atoms with Crippen molar-refractivity contribution in [1.82, 2.24) is 9.97 Å². The van der Waals surface area contributed by atoms with Gasteiger partial charge in [0.2, 0.25) is 0 Å². The van der Waals surface area contributed by atoms with Crippen molar-refractivity contribution in [3.63, 3.8) is 0 Å². The molecule has 0 unspecified atom stereocenters. The van der Waals surface area contributed by atoms with Gasteiger partial charge in [-0.3, -0.25) is 0 Å². The zero-order valence-corrected chi connectivity index (χ0v) is 13.8. The number of hydrogen-bond donors (Lipinski definition) is 0. The Hall–Kier alpha value is -1.21. The number of thiazole rings is 1. The highest BCUT2D eigenvalue weighted by molar-refractivity contribution is 7.15. The van der Waals surface area contributed by atoms with Crippen LogP contribution in [-0.4, -0.2) is 37.0 Å². The van der Waals surface area contributed by atoms with E-state index in [1.165, 1.54) is 11.3 Å². The lowest BCUT2D eigenvalue weighted by Crippen LogP contribution is -2.34. The molecule has 0 bridgehead atoms. The summed E-state index contributed by atoms with van der Waals surface area (Å²) >= 11 is 7.35. The topological polar surface area (TPSA) is 47.5 Å². The molecule has 0 amide bonds. The third-order valence-electron chi connectivity index (χ3n) is 2.99. The van der Waals surface area contributed by atoms with Crippen LogP contribution in [0, 0.1) is 6.92 Å². The minimum Gasteiger partial charge on any atom is -0.354 e. The maximum absolute atomic E-state index is 5.89. The van der Waals surface area contributed by atoms with E-state index in [4.69, 9.17) is 21.1 Å². The molecule has 5 nitrogen and oxygen atoms in total. The molecular formula is C14H18ClN3O2S. The van der Waals surface area contributed by atoms with Gasteiger partial charge in [0.05, 0.1) is 13.1 Å². The second kappa shape index (κ2) is 7.70. The summed E-state index contributed by atoms with van der Waals surface area (Å²) in [4.78, 5) is 11.7. The summed E-state index contributed by atoms with van der Waals surface area (Å²) in [6.07, 6.45) is 3.30. The number of methoxy groups -OCH3 is 2. The molecule has 2 rings (SSSR count). The lowest BCUT2D eigenvalue weighted by atomic mass is 10.3. The van der Waals surface area contributed by atoms with Gasteiger partial charge in [0, 0.05) is 31.5 Å². The summed E-state index contributed by atoms with van der Waals surface area (Å²) in [5, 5.41) is 0. The van der Waals surface area contributed by atoms with Crippen LogP contribution in [0.5, 0.6) is 0 Å². The van der Waals surface area contributed by atoms with E-state index in [0.29, 0.717) is 17.6 Å². The molecule has 0 spiro atoms. The molecule has 2 aromatic heterocycles. The van der Waals surface area contributed by atoms with Gasteiger partial charge in [-0.1, -0.05) is 17.7 Å². The van der Waals surface area contributed by atoms with Crippen molar-refractivity contribution in [3.8, 4) is 0 Å². The summed E-state index contributed by atoms with van der Waals surface area (Å²) in [5.74, 6) is 0.865. The summed E-state index contributed by atoms with van der Waals surface area (Å²) in [7, 11) is 3.25. The van der Waals surface area contributed by atoms with Crippen molar-refractivity contribution in [2.24, 2.45) is 0 Å². The number of aryl methyl sites for hydroxylation is 1. The number of halogens is 1. The molecule has 0 atom stereocenters. The molecule has 2 heterocycles. The normalized spacial score (nSPS) is 11.1. The highest BCUT2D eigenvalue weighted by Crippen LogP contribution is 2.22. The molecule has 0 radical (unpaired) electrons. The van der Waals surface area contributed by atoms with E-state index in [0.717, 1.165) is 16.3 Å². The van der Waals surface area contributed by atoms with Gasteiger partial charge in [-0.15, -0.1) is 11.3 Å². The first-order valence-corrected chi connectivity index (χ1v) is 7.65. The number of anilines is 1. The van der Waals surface area contributed by atoms with Gasteiger partial charge >= 0.3 is 0 Å². The Morgan fingerprint density at radius 2 is 2.00 bits per heavy atom. The summed E-state index contributed by atoms with van der Waals surface area (Å²) in [5.41, 5.74) is 1.12. The predicted octanol–water partition coefficient (Wildman–Crippen LogP) is 3.13. The van der Waals surface area contributed by atoms with Crippen LogP contribution in [0.4, 0.5) is 5.82 Å². The first-order valence-electron chi connectivity index (χ1n) is 6.45. The lowest BCUT2D eigenvalue weighted by molar-refractivity contribution is -0.0951. The average molecular weight is 328 g/mol. The number of ether oxygens (including phenoxy) is 2. The second-order valence-electron chi connectivity index (χ2n) is 4.55. The lowest BCUT2D eigenvalue weighted by Gasteiger charge is -2.26. The van der Waals surface area contributed by atoms with Crippen molar-refractivity contribution in [3.05, 3.63) is 39.4 Å². The molecule has 0 aromatic carbocycles. The zero-order chi connectivity index (χ0) is 15.2. The molecule has 0 N–H and O–H groups in total. The van der Waals surface area contributed by atoms with E-state index in [1.54, 1.807) is 20.4 Å². The first-order chi connectivity index (χ1) is 10.1. The average Bonchev–Trinajstić information content (AvgIpc) is 2.89. The molecule has 0 aliphatic heterocycles. The minimum absolute atomic E-state index is 0.323. The van der Waals surface area contributed by atoms with Crippen LogP contribution in [0.15, 0.2) is 24.5 Å². The van der Waals surface area contributed by atoms with Gasteiger partial charge in [-0.05, 0) is 18.6 Å². The smallest absolute Gasteiger partial charge is 0.183 e. The summed E-state index contributed by atoms with van der Waals surface area (Å²) in [6.45, 7) is 3.24. The Morgan fingerprint density at radius 1 is 1.24 bits per heavy atom. The highest BCUT2D eigenvalue weighted by Gasteiger charge is 2.16. The largest absolute Gasteiger partial charge is 0.354 e. The van der Waals surface area contributed by atoms with Gasteiger partial charge < -0.3 is 14.4 Å². The standard InChI is InChI=1S/C14H18ClN3O2S/c1-10-4-5-12(16-6-10)18(9-13(19-2)20-3)8-11-7-17-14(15)21-11/h4-7,13H,8-9H2,1-3H3. The summed E-state index contributed by atoms with van der Waals surface area (Å²) < 4.78 is 11.1. The van der Waals surface area contributed by atoms with E-state index in [2.05, 4.69) is 14.9 Å². The Bertz CT molecular complexity index is 558. The Kier molecular flexibility index (Phi) is 5.93. The molecular weight excluding hydrogens is 310 g/mol. The minimum atomic E-state index is -0.323. The van der Waals surface area contributed by atoms with Gasteiger partial charge in [-0.25, -0.2) is 9.97 Å². The van der Waals surface area contributed by atoms with E-state index in [-0.39, 0.29) is 6.29 Å². The number of pyridine rings is 1. The molecule has 0 aliphatic rings. The quantitative estimate of drug-likeness (QED) is 0.731. The maximum atomic E-state index is 5.89. The second-order valence-corrected chi connectivity index (χ2v) is 6.25. The Labute approximate surface area is 133 Å². The van der Waals surface area contributed by atoms with Crippen LogP contribution in [0.2, 0.25) is 4.47 Å². The molecule has 7 heteroatoms. The molecule has 21 heavy (non-hydrogen) atoms. The van der Waals surface area contributed by atoms with E-state index < -0.39 is 0 Å². The van der Waals surface area contributed by atoms with Gasteiger partial charge in [0.15, 0.2) is 10.8 Å². The highest BCUT2D eigenvalue weighted by atomic mass is 35.5. The number of nitrogens with zero attached hydrogens (tertiary/aromatic N) is 3. The fourth-order valence-electron chi connectivity index (χ4n) is 1.86. The Balaban J connectivity index is 2.18. The van der Waals surface area contributed by atoms with E-state index >= 15 is 0 Å². The van der Waals surface area contributed by atoms with Crippen molar-refractivity contribution >= 4 is 28.8 Å². The van der Waals surface area contributed by atoms with Gasteiger partial charge in [0.25, 0.3) is 0 Å². The predicted molar refractivity (Wildman–Crippen MR) is 85.0 cm³/mol. The number of rotatable bonds is 7. The van der Waals surface area contributed by atoms with Crippen LogP contribution < -0.4 is 4.90 Å². The van der Waals surface area contributed by atoms with Crippen LogP contribution in [0.3, 0.4) is 0 Å². The monoisotopic (exact) mass is 327 g/mol. The SMILES string of the molecule is COC(CN(Cc1cnc(Cl)s1)c1ccc(C)cn1)OC. The third-order valence-corrected chi connectivity index (χ3v) is 4.09. The summed E-state index contributed by atoms with van der Waals surface area (Å²) in [6, 6.07) is 4.02. The van der Waals surface area contributed by atoms with Crippen molar-refractivity contribution in [2.45, 2.75) is 19.8 Å². The number of hydrogen-bond acceptors (Lipinski definition) is 6. The van der Waals surface area contributed by atoms with Crippen molar-refractivity contribution in [2.75, 3.05) is 25.7 Å². The molecule has 114 valence electrons. The zero-order valence-electron chi connectivity index (χ0n) is 12.2. The fourth-order valence-corrected chi connectivity index (χ4v) is 2.85. The molecule has 0 saturated carbocycles. The molecule has 0 fully saturated rings. The maximum Gasteiger partial charge on any atom is 0.183 e. The van der Waals surface area contributed by atoms with E-state index in [9.17, 15) is 0 Å². The van der Waals surface area contributed by atoms with Gasteiger partial charge in [0.1, 0.15) is 5.82 Å². The van der Waals surface area contributed by atoms with Gasteiger partial charge in [-0.2, -0.15) is 0 Å². The Morgan fingerprint density at radius 3 is 2.52 bits per heavy atom. The first kappa shape index (κ1) is 16.2. The van der Waals surface area contributed by atoms with Crippen molar-refractivity contribution in [1.29, 1.82) is 0 Å². The third kappa shape index (κ3) is 4.64. The molecule has 0 aliphatic carbocycles. The molecule has 0 saturated heterocycles. The molecule has 2 aromatic rings. The van der Waals surface area contributed by atoms with Crippen LogP contribution >= 0.6 is 22.9 Å².